The molecule has 376 valence electrons. The van der Waals surface area contributed by atoms with Crippen molar-refractivity contribution in [3.05, 3.63) is 71.8 Å². The van der Waals surface area contributed by atoms with Gasteiger partial charge in [-0.3, -0.25) is 14.5 Å². The molecule has 0 unspecified atom stereocenters. The molecule has 1 aliphatic rings. The van der Waals surface area contributed by atoms with Gasteiger partial charge in [-0.25, -0.2) is 0 Å². The molecule has 0 N–H and O–H groups in total. The van der Waals surface area contributed by atoms with Crippen LogP contribution in [0.5, 0.6) is 34.5 Å². The highest BCUT2D eigenvalue weighted by Gasteiger charge is 2.34. The molecule has 0 atom stereocenters. The van der Waals surface area contributed by atoms with Crippen LogP contribution >= 0.6 is 0 Å². The normalized spacial score (nSPS) is 12.4. The van der Waals surface area contributed by atoms with E-state index in [4.69, 9.17) is 28.4 Å². The number of benzene rings is 5. The summed E-state index contributed by atoms with van der Waals surface area (Å²) in [6.45, 7) is 14.9. The van der Waals surface area contributed by atoms with Crippen LogP contribution in [0.25, 0.3) is 32.3 Å². The number of rotatable bonds is 36. The first-order valence-corrected chi connectivity index (χ1v) is 27.2. The summed E-state index contributed by atoms with van der Waals surface area (Å²) in [5.74, 6) is 3.94. The number of fused-ring (bicyclic) bond motifs is 7. The summed E-state index contributed by atoms with van der Waals surface area (Å²) in [5, 5.41) is 6.23. The summed E-state index contributed by atoms with van der Waals surface area (Å²) in [5.41, 5.74) is 0.950. The van der Waals surface area contributed by atoms with Crippen molar-refractivity contribution >= 4 is 44.1 Å². The highest BCUT2D eigenvalue weighted by molar-refractivity contribution is 6.27. The predicted molar refractivity (Wildman–Crippen MR) is 284 cm³/mol. The number of hydrogen-bond donors (Lipinski definition) is 0. The van der Waals surface area contributed by atoms with Crippen LogP contribution in [0.1, 0.15) is 197 Å². The van der Waals surface area contributed by atoms with Gasteiger partial charge < -0.3 is 28.4 Å². The van der Waals surface area contributed by atoms with Gasteiger partial charge in [0.05, 0.1) is 50.8 Å². The lowest BCUT2D eigenvalue weighted by Gasteiger charge is -2.21. The molecule has 9 heteroatoms. The fourth-order valence-corrected chi connectivity index (χ4v) is 9.24. The lowest BCUT2D eigenvalue weighted by molar-refractivity contribution is 0.0649. The van der Waals surface area contributed by atoms with Crippen molar-refractivity contribution in [1.82, 2.24) is 4.90 Å². The van der Waals surface area contributed by atoms with Crippen molar-refractivity contribution < 1.29 is 38.0 Å². The molecular weight excluding hydrogens is 863 g/mol. The number of ether oxygens (including phenoxy) is 6. The van der Waals surface area contributed by atoms with E-state index >= 15 is 0 Å². The molecule has 9 nitrogen and oxygen atoms in total. The number of carbonyl (C=O) groups is 2. The zero-order valence-electron chi connectivity index (χ0n) is 43.0. The van der Waals surface area contributed by atoms with E-state index in [9.17, 15) is 9.59 Å². The van der Waals surface area contributed by atoms with Crippen molar-refractivity contribution in [3.8, 4) is 34.5 Å². The lowest BCUT2D eigenvalue weighted by atomic mass is 9.93. The lowest BCUT2D eigenvalue weighted by Crippen LogP contribution is -2.30. The minimum atomic E-state index is -0.228. The number of carbonyl (C=O) groups excluding carboxylic acids is 2. The quantitative estimate of drug-likeness (QED) is 0.0223. The van der Waals surface area contributed by atoms with Gasteiger partial charge in [0.2, 0.25) is 0 Å². The van der Waals surface area contributed by atoms with Crippen LogP contribution in [0.15, 0.2) is 60.7 Å². The Labute approximate surface area is 413 Å². The van der Waals surface area contributed by atoms with Gasteiger partial charge in [-0.05, 0) is 126 Å². The number of unbranched alkanes of at least 4 members (excludes halogenated alkanes) is 16. The molecule has 0 saturated heterocycles. The smallest absolute Gasteiger partial charge is 0.261 e. The predicted octanol–water partition coefficient (Wildman–Crippen LogP) is 16.4. The molecule has 2 amide bonds. The largest absolute Gasteiger partial charge is 0.490 e. The summed E-state index contributed by atoms with van der Waals surface area (Å²) in [6, 6.07) is 20.1. The van der Waals surface area contributed by atoms with Crippen LogP contribution in [0.4, 0.5) is 0 Å². The van der Waals surface area contributed by atoms with E-state index in [1.807, 2.05) is 0 Å². The van der Waals surface area contributed by atoms with E-state index in [2.05, 4.69) is 71.0 Å². The van der Waals surface area contributed by atoms with E-state index in [1.54, 1.807) is 24.3 Å². The van der Waals surface area contributed by atoms with Crippen molar-refractivity contribution in [2.75, 3.05) is 46.2 Å². The van der Waals surface area contributed by atoms with E-state index in [0.717, 1.165) is 132 Å². The Bertz CT molecular complexity index is 2290. The Morgan fingerprint density at radius 2 is 0.551 bits per heavy atom. The molecule has 0 spiro atoms. The van der Waals surface area contributed by atoms with Crippen LogP contribution in [-0.4, -0.2) is 62.9 Å². The molecule has 0 fully saturated rings. The zero-order chi connectivity index (χ0) is 48.6. The maximum Gasteiger partial charge on any atom is 0.261 e. The third-order valence-electron chi connectivity index (χ3n) is 13.3. The Kier molecular flexibility index (Phi) is 22.4. The second-order valence-corrected chi connectivity index (χ2v) is 18.9. The minimum absolute atomic E-state index is 0.228. The fourth-order valence-electron chi connectivity index (χ4n) is 9.24. The first kappa shape index (κ1) is 53.2. The minimum Gasteiger partial charge on any atom is -0.490 e. The van der Waals surface area contributed by atoms with Crippen LogP contribution in [0.3, 0.4) is 0 Å². The summed E-state index contributed by atoms with van der Waals surface area (Å²) < 4.78 is 40.0. The highest BCUT2D eigenvalue weighted by atomic mass is 16.5. The Morgan fingerprint density at radius 1 is 0.319 bits per heavy atom. The molecule has 0 bridgehead atoms. The Balaban J connectivity index is 1.44. The van der Waals surface area contributed by atoms with Gasteiger partial charge in [-0.1, -0.05) is 143 Å². The van der Waals surface area contributed by atoms with Gasteiger partial charge >= 0.3 is 0 Å². The zero-order valence-corrected chi connectivity index (χ0v) is 43.0. The van der Waals surface area contributed by atoms with E-state index in [-0.39, 0.29) is 11.8 Å². The summed E-state index contributed by atoms with van der Waals surface area (Å²) >= 11 is 0. The molecule has 69 heavy (non-hydrogen) atoms. The molecule has 1 aliphatic heterocycles. The number of imide groups is 1. The maximum atomic E-state index is 13.1. The Hall–Kier alpha value is -5.18. The topological polar surface area (TPSA) is 92.8 Å². The third-order valence-corrected chi connectivity index (χ3v) is 13.3. The van der Waals surface area contributed by atoms with Gasteiger partial charge in [0.1, 0.15) is 0 Å². The van der Waals surface area contributed by atoms with E-state index in [1.165, 1.54) is 56.3 Å². The average molecular weight is 946 g/mol. The third kappa shape index (κ3) is 14.9. The molecule has 0 aromatic heterocycles. The summed E-state index contributed by atoms with van der Waals surface area (Å²) in [6.07, 6.45) is 23.4. The summed E-state index contributed by atoms with van der Waals surface area (Å²) in [4.78, 5) is 27.6. The molecule has 6 rings (SSSR count). The van der Waals surface area contributed by atoms with Crippen molar-refractivity contribution in [2.24, 2.45) is 0 Å². The van der Waals surface area contributed by atoms with Crippen LogP contribution in [0, 0.1) is 0 Å². The van der Waals surface area contributed by atoms with Crippen molar-refractivity contribution in [2.45, 2.75) is 176 Å². The molecular formula is C60H83NO8. The monoisotopic (exact) mass is 946 g/mol. The molecule has 0 saturated carbocycles. The SMILES string of the molecule is CCCCCCOc1cc2c3cc(OCCCCCC)c(OCCCCCC)cc3c3cc(OCCCCN4C(=O)c5ccccc5C4=O)c(OCCCCCC)cc3c2cc1OCCCCCC. The molecule has 1 heterocycles. The first-order valence-electron chi connectivity index (χ1n) is 27.2. The second kappa shape index (κ2) is 29.1. The number of amides is 2. The van der Waals surface area contributed by atoms with E-state index < -0.39 is 0 Å². The Morgan fingerprint density at radius 3 is 0.783 bits per heavy atom. The molecule has 5 aromatic carbocycles. The van der Waals surface area contributed by atoms with Gasteiger partial charge in [-0.2, -0.15) is 0 Å². The molecule has 5 aromatic rings. The molecule has 0 radical (unpaired) electrons. The number of hydrogen-bond acceptors (Lipinski definition) is 8. The van der Waals surface area contributed by atoms with Gasteiger partial charge in [0, 0.05) is 6.54 Å². The van der Waals surface area contributed by atoms with Crippen molar-refractivity contribution in [3.63, 3.8) is 0 Å². The van der Waals surface area contributed by atoms with Crippen molar-refractivity contribution in [1.29, 1.82) is 0 Å². The van der Waals surface area contributed by atoms with Crippen LogP contribution in [-0.2, 0) is 0 Å². The fraction of sp³-hybridized carbons (Fsp3) is 0.567. The van der Waals surface area contributed by atoms with E-state index in [0.29, 0.717) is 81.7 Å². The first-order chi connectivity index (χ1) is 33.9. The second-order valence-electron chi connectivity index (χ2n) is 18.9. The van der Waals surface area contributed by atoms with Crippen LogP contribution in [0.2, 0.25) is 0 Å². The summed E-state index contributed by atoms with van der Waals surface area (Å²) in [7, 11) is 0. The average Bonchev–Trinajstić information content (AvgIpc) is 3.60. The van der Waals surface area contributed by atoms with Crippen LogP contribution < -0.4 is 28.4 Å². The van der Waals surface area contributed by atoms with Gasteiger partial charge in [-0.15, -0.1) is 0 Å². The maximum absolute atomic E-state index is 13.1. The molecule has 0 aliphatic carbocycles. The van der Waals surface area contributed by atoms with Gasteiger partial charge in [0.25, 0.3) is 11.8 Å². The highest BCUT2D eigenvalue weighted by Crippen LogP contribution is 2.47. The standard InChI is InChI=1S/C60H83NO8/c1-6-11-16-24-33-64-53-39-47-48-40-54(65-34-25-17-12-7-2)56(67-36-27-19-14-9-4)42-50(48)52-44-58(69-38-29-23-32-61-59(62)45-30-21-22-31-46(45)60(61)63)57(68-37-28-20-15-10-5)43-51(52)49(47)41-55(53)66-35-26-18-13-8-3/h21-22,30-31,39-44H,6-20,23-29,32-38H2,1-5H3. The number of nitrogens with zero attached hydrogens (tertiary/aromatic N) is 1. The van der Waals surface area contributed by atoms with Gasteiger partial charge in [0.15, 0.2) is 34.5 Å².